The van der Waals surface area contributed by atoms with Crippen LogP contribution in [0.5, 0.6) is 11.5 Å². The predicted octanol–water partition coefficient (Wildman–Crippen LogP) is 4.85. The molecule has 0 radical (unpaired) electrons. The Balaban J connectivity index is 1.58. The number of aromatic nitrogens is 1. The zero-order valence-corrected chi connectivity index (χ0v) is 18.7. The second-order valence-corrected chi connectivity index (χ2v) is 8.90. The summed E-state index contributed by atoms with van der Waals surface area (Å²) in [6.45, 7) is 6.04. The summed E-state index contributed by atoms with van der Waals surface area (Å²) < 4.78 is 10.8. The summed E-state index contributed by atoms with van der Waals surface area (Å²) in [6, 6.07) is 15.9. The van der Waals surface area contributed by atoms with E-state index in [0.717, 1.165) is 58.7 Å². The lowest BCUT2D eigenvalue weighted by Gasteiger charge is -2.50. The third-order valence-electron chi connectivity index (χ3n) is 7.27. The lowest BCUT2D eigenvalue weighted by atomic mass is 9.73. The summed E-state index contributed by atoms with van der Waals surface area (Å²) in [5.41, 5.74) is 3.61. The van der Waals surface area contributed by atoms with E-state index in [1.54, 1.807) is 14.2 Å². The number of hydrogen-bond acceptors (Lipinski definition) is 5. The van der Waals surface area contributed by atoms with E-state index in [-0.39, 0.29) is 6.04 Å². The molecule has 166 valence electrons. The summed E-state index contributed by atoms with van der Waals surface area (Å²) >= 11 is 0. The Morgan fingerprint density at radius 1 is 1.09 bits per heavy atom. The molecule has 0 aliphatic carbocycles. The van der Waals surface area contributed by atoms with Crippen LogP contribution in [-0.2, 0) is 0 Å². The number of benzene rings is 2. The SMILES string of the molecule is C=C[C@H]1CN2CC[C@H]1C[C@@H]2[C@H](O)c1cc(-c2ccc(OC)cc2)nc2ccc(OC)cc12. The number of pyridine rings is 1. The summed E-state index contributed by atoms with van der Waals surface area (Å²) in [5, 5.41) is 12.6. The van der Waals surface area contributed by atoms with Crippen LogP contribution in [0.1, 0.15) is 24.5 Å². The smallest absolute Gasteiger partial charge is 0.119 e. The molecule has 1 unspecified atom stereocenters. The molecule has 1 aromatic heterocycles. The Bertz CT molecular complexity index is 1130. The molecule has 3 aliphatic heterocycles. The second-order valence-electron chi connectivity index (χ2n) is 8.90. The molecule has 3 saturated heterocycles. The van der Waals surface area contributed by atoms with Crippen LogP contribution in [0, 0.1) is 11.8 Å². The van der Waals surface area contributed by atoms with Crippen LogP contribution in [0.3, 0.4) is 0 Å². The topological polar surface area (TPSA) is 54.8 Å². The van der Waals surface area contributed by atoms with Crippen LogP contribution in [0.25, 0.3) is 22.2 Å². The van der Waals surface area contributed by atoms with Crippen LogP contribution >= 0.6 is 0 Å². The van der Waals surface area contributed by atoms with Crippen LogP contribution in [0.15, 0.2) is 61.2 Å². The zero-order valence-electron chi connectivity index (χ0n) is 18.7. The van der Waals surface area contributed by atoms with Crippen molar-refractivity contribution < 1.29 is 14.6 Å². The number of methoxy groups -OCH3 is 2. The molecule has 1 N–H and O–H groups in total. The number of rotatable bonds is 6. The van der Waals surface area contributed by atoms with Crippen molar-refractivity contribution in [1.82, 2.24) is 9.88 Å². The van der Waals surface area contributed by atoms with Gasteiger partial charge in [-0.1, -0.05) is 6.08 Å². The molecule has 2 bridgehead atoms. The Morgan fingerprint density at radius 3 is 2.50 bits per heavy atom. The number of hydrogen-bond donors (Lipinski definition) is 1. The molecular formula is C27H30N2O3. The Morgan fingerprint density at radius 2 is 1.84 bits per heavy atom. The van der Waals surface area contributed by atoms with Gasteiger partial charge in [0, 0.05) is 23.5 Å². The van der Waals surface area contributed by atoms with Gasteiger partial charge in [-0.15, -0.1) is 6.58 Å². The monoisotopic (exact) mass is 430 g/mol. The normalized spacial score (nSPS) is 25.5. The van der Waals surface area contributed by atoms with Crippen molar-refractivity contribution in [2.24, 2.45) is 11.8 Å². The molecule has 32 heavy (non-hydrogen) atoms. The highest BCUT2D eigenvalue weighted by Crippen LogP contribution is 2.43. The van der Waals surface area contributed by atoms with Crippen molar-refractivity contribution in [1.29, 1.82) is 0 Å². The molecule has 5 heteroatoms. The minimum absolute atomic E-state index is 0.102. The lowest BCUT2D eigenvalue weighted by molar-refractivity contribution is -0.0444. The molecule has 3 aromatic rings. The maximum atomic E-state index is 11.7. The van der Waals surface area contributed by atoms with Gasteiger partial charge in [0.05, 0.1) is 31.5 Å². The maximum Gasteiger partial charge on any atom is 0.119 e. The predicted molar refractivity (Wildman–Crippen MR) is 127 cm³/mol. The van der Waals surface area contributed by atoms with Crippen molar-refractivity contribution in [3.8, 4) is 22.8 Å². The van der Waals surface area contributed by atoms with Crippen molar-refractivity contribution in [2.75, 3.05) is 27.3 Å². The quantitative estimate of drug-likeness (QED) is 0.567. The van der Waals surface area contributed by atoms with Gasteiger partial charge in [0.2, 0.25) is 0 Å². The fourth-order valence-corrected chi connectivity index (χ4v) is 5.43. The fourth-order valence-electron chi connectivity index (χ4n) is 5.43. The maximum absolute atomic E-state index is 11.7. The van der Waals surface area contributed by atoms with E-state index in [0.29, 0.717) is 11.8 Å². The Labute approximate surface area is 189 Å². The van der Waals surface area contributed by atoms with Gasteiger partial charge >= 0.3 is 0 Å². The standard InChI is InChI=1S/C27H30N2O3/c1-4-17-16-29-12-11-19(17)13-26(29)27(30)23-15-25(18-5-7-20(31-2)8-6-18)28-24-10-9-21(32-3)14-22(23)24/h4-10,14-15,17,19,26-27,30H,1,11-13,16H2,2-3H3/t17-,19-,26+,27+/m0/s1. The Kier molecular flexibility index (Phi) is 5.62. The van der Waals surface area contributed by atoms with E-state index in [9.17, 15) is 5.11 Å². The average molecular weight is 431 g/mol. The van der Waals surface area contributed by atoms with Gasteiger partial charge < -0.3 is 14.6 Å². The molecule has 0 amide bonds. The van der Waals surface area contributed by atoms with Crippen LogP contribution in [-0.4, -0.2) is 48.3 Å². The highest BCUT2D eigenvalue weighted by molar-refractivity contribution is 5.87. The van der Waals surface area contributed by atoms with Crippen molar-refractivity contribution >= 4 is 10.9 Å². The third kappa shape index (κ3) is 3.65. The van der Waals surface area contributed by atoms with E-state index in [2.05, 4.69) is 17.6 Å². The number of nitrogens with zero attached hydrogens (tertiary/aromatic N) is 2. The number of ether oxygens (including phenoxy) is 2. The number of piperidine rings is 3. The first-order valence-corrected chi connectivity index (χ1v) is 11.3. The first-order chi connectivity index (χ1) is 15.6. The second kappa shape index (κ2) is 8.57. The van der Waals surface area contributed by atoms with E-state index in [1.807, 2.05) is 48.5 Å². The van der Waals surface area contributed by atoms with Gasteiger partial charge in [-0.25, -0.2) is 4.98 Å². The average Bonchev–Trinajstić information content (AvgIpc) is 2.87. The molecule has 6 rings (SSSR count). The minimum atomic E-state index is -0.599. The van der Waals surface area contributed by atoms with Crippen molar-refractivity contribution in [3.63, 3.8) is 0 Å². The molecular weight excluding hydrogens is 400 g/mol. The van der Waals surface area contributed by atoms with Gasteiger partial charge in [0.15, 0.2) is 0 Å². The molecule has 5 atom stereocenters. The third-order valence-corrected chi connectivity index (χ3v) is 7.27. The lowest BCUT2D eigenvalue weighted by Crippen LogP contribution is -2.54. The van der Waals surface area contributed by atoms with E-state index in [4.69, 9.17) is 14.5 Å². The van der Waals surface area contributed by atoms with Crippen LogP contribution in [0.2, 0.25) is 0 Å². The first-order valence-electron chi connectivity index (χ1n) is 11.3. The van der Waals surface area contributed by atoms with E-state index >= 15 is 0 Å². The van der Waals surface area contributed by atoms with Gasteiger partial charge in [0.1, 0.15) is 11.5 Å². The number of aliphatic hydroxyl groups excluding tert-OH is 1. The zero-order chi connectivity index (χ0) is 22.2. The van der Waals surface area contributed by atoms with Gasteiger partial charge in [-0.05, 0) is 85.3 Å². The van der Waals surface area contributed by atoms with E-state index < -0.39 is 6.10 Å². The molecule has 0 spiro atoms. The van der Waals surface area contributed by atoms with E-state index in [1.165, 1.54) is 6.42 Å². The van der Waals surface area contributed by atoms with Crippen LogP contribution in [0.4, 0.5) is 0 Å². The van der Waals surface area contributed by atoms with Gasteiger partial charge in [0.25, 0.3) is 0 Å². The van der Waals surface area contributed by atoms with Crippen molar-refractivity contribution in [2.45, 2.75) is 25.0 Å². The van der Waals surface area contributed by atoms with Gasteiger partial charge in [-0.3, -0.25) is 4.90 Å². The summed E-state index contributed by atoms with van der Waals surface area (Å²) in [4.78, 5) is 7.34. The minimum Gasteiger partial charge on any atom is -0.497 e. The molecule has 4 heterocycles. The number of aliphatic hydroxyl groups is 1. The molecule has 3 aliphatic rings. The summed E-state index contributed by atoms with van der Waals surface area (Å²) in [7, 11) is 3.33. The van der Waals surface area contributed by atoms with Crippen molar-refractivity contribution in [3.05, 3.63) is 66.7 Å². The Hall–Kier alpha value is -2.89. The first kappa shape index (κ1) is 21.0. The molecule has 5 nitrogen and oxygen atoms in total. The highest BCUT2D eigenvalue weighted by atomic mass is 16.5. The molecule has 3 fully saturated rings. The largest absolute Gasteiger partial charge is 0.497 e. The molecule has 0 saturated carbocycles. The number of fused-ring (bicyclic) bond motifs is 4. The summed E-state index contributed by atoms with van der Waals surface area (Å²) in [6.07, 6.45) is 3.66. The fraction of sp³-hybridized carbons (Fsp3) is 0.370. The molecule has 2 aromatic carbocycles. The van der Waals surface area contributed by atoms with Crippen LogP contribution < -0.4 is 9.47 Å². The van der Waals surface area contributed by atoms with Gasteiger partial charge in [-0.2, -0.15) is 0 Å². The highest BCUT2D eigenvalue weighted by Gasteiger charge is 2.42. The summed E-state index contributed by atoms with van der Waals surface area (Å²) in [5.74, 6) is 2.70.